The Hall–Kier alpha value is -2.12. The van der Waals surface area contributed by atoms with Crippen molar-refractivity contribution in [2.45, 2.75) is 29.9 Å². The van der Waals surface area contributed by atoms with Crippen LogP contribution >= 0.6 is 11.8 Å². The molecule has 0 aliphatic rings. The van der Waals surface area contributed by atoms with Gasteiger partial charge in [-0.25, -0.2) is 20.8 Å². The van der Waals surface area contributed by atoms with E-state index in [1.807, 2.05) is 24.3 Å². The van der Waals surface area contributed by atoms with Crippen LogP contribution in [0.1, 0.15) is 25.3 Å². The highest BCUT2D eigenvalue weighted by molar-refractivity contribution is 7.99. The number of nitrogens with zero attached hydrogens (tertiary/aromatic N) is 3. The second-order valence-electron chi connectivity index (χ2n) is 4.90. The largest absolute Gasteiger partial charge is 0.333 e. The van der Waals surface area contributed by atoms with Crippen molar-refractivity contribution in [1.82, 2.24) is 19.9 Å². The lowest BCUT2D eigenvalue weighted by atomic mass is 10.1. The number of aromatic nitrogens is 4. The van der Waals surface area contributed by atoms with E-state index in [0.717, 1.165) is 26.8 Å². The molecule has 2 aromatic heterocycles. The monoisotopic (exact) mass is 300 g/mol. The molecule has 0 spiro atoms. The first-order valence-electron chi connectivity index (χ1n) is 6.63. The van der Waals surface area contributed by atoms with Crippen molar-refractivity contribution in [3.63, 3.8) is 0 Å². The molecule has 2 heterocycles. The SMILES string of the molecule is CC(C)c1c(NN)ncnc1Sc1nc2ccccc2[nH]1. The second kappa shape index (κ2) is 5.71. The molecular weight excluding hydrogens is 284 g/mol. The molecule has 0 saturated heterocycles. The van der Waals surface area contributed by atoms with Gasteiger partial charge >= 0.3 is 0 Å². The van der Waals surface area contributed by atoms with Gasteiger partial charge in [-0.05, 0) is 29.8 Å². The Morgan fingerprint density at radius 3 is 2.76 bits per heavy atom. The lowest BCUT2D eigenvalue weighted by Crippen LogP contribution is -2.13. The van der Waals surface area contributed by atoms with Crippen LogP contribution < -0.4 is 11.3 Å². The van der Waals surface area contributed by atoms with Gasteiger partial charge in [0.2, 0.25) is 0 Å². The fourth-order valence-corrected chi connectivity index (χ4v) is 3.20. The highest BCUT2D eigenvalue weighted by Gasteiger charge is 2.16. The zero-order chi connectivity index (χ0) is 14.8. The molecule has 0 amide bonds. The van der Waals surface area contributed by atoms with E-state index in [-0.39, 0.29) is 5.92 Å². The Morgan fingerprint density at radius 2 is 2.05 bits per heavy atom. The quantitative estimate of drug-likeness (QED) is 0.390. The van der Waals surface area contributed by atoms with Crippen LogP contribution in [-0.4, -0.2) is 19.9 Å². The molecule has 0 fully saturated rings. The number of nitrogens with two attached hydrogens (primary N) is 1. The number of para-hydroxylation sites is 2. The summed E-state index contributed by atoms with van der Waals surface area (Å²) >= 11 is 1.48. The summed E-state index contributed by atoms with van der Waals surface area (Å²) in [5, 5.41) is 1.66. The molecule has 0 aliphatic carbocycles. The number of hydrogen-bond acceptors (Lipinski definition) is 6. The molecule has 7 heteroatoms. The van der Waals surface area contributed by atoms with Crippen molar-refractivity contribution in [1.29, 1.82) is 0 Å². The number of nitrogens with one attached hydrogen (secondary N) is 2. The van der Waals surface area contributed by atoms with Crippen LogP contribution in [0.15, 0.2) is 40.8 Å². The summed E-state index contributed by atoms with van der Waals surface area (Å²) in [6.07, 6.45) is 1.51. The number of benzene rings is 1. The molecule has 0 saturated carbocycles. The van der Waals surface area contributed by atoms with Crippen molar-refractivity contribution in [3.05, 3.63) is 36.2 Å². The molecule has 4 N–H and O–H groups in total. The molecule has 0 radical (unpaired) electrons. The lowest BCUT2D eigenvalue weighted by molar-refractivity contribution is 0.803. The number of hydrogen-bond donors (Lipinski definition) is 3. The van der Waals surface area contributed by atoms with Gasteiger partial charge in [0.1, 0.15) is 17.2 Å². The van der Waals surface area contributed by atoms with E-state index in [1.54, 1.807) is 0 Å². The summed E-state index contributed by atoms with van der Waals surface area (Å²) in [6.45, 7) is 4.17. The summed E-state index contributed by atoms with van der Waals surface area (Å²) in [6, 6.07) is 7.93. The molecular formula is C14H16N6S. The van der Waals surface area contributed by atoms with Gasteiger partial charge in [0, 0.05) is 5.56 Å². The Balaban J connectivity index is 2.01. The van der Waals surface area contributed by atoms with Gasteiger partial charge in [-0.15, -0.1) is 0 Å². The van der Waals surface area contributed by atoms with Crippen LogP contribution in [0.3, 0.4) is 0 Å². The molecule has 1 aromatic carbocycles. The normalized spacial score (nSPS) is 11.2. The maximum Gasteiger partial charge on any atom is 0.172 e. The average Bonchev–Trinajstić information content (AvgIpc) is 2.88. The fourth-order valence-electron chi connectivity index (χ4n) is 2.17. The molecule has 0 atom stereocenters. The van der Waals surface area contributed by atoms with Crippen LogP contribution in [-0.2, 0) is 0 Å². The van der Waals surface area contributed by atoms with E-state index >= 15 is 0 Å². The summed E-state index contributed by atoms with van der Waals surface area (Å²) < 4.78 is 0. The van der Waals surface area contributed by atoms with Crippen molar-refractivity contribution in [2.24, 2.45) is 5.84 Å². The highest BCUT2D eigenvalue weighted by atomic mass is 32.2. The highest BCUT2D eigenvalue weighted by Crippen LogP contribution is 2.34. The zero-order valence-electron chi connectivity index (χ0n) is 11.8. The molecule has 0 unspecified atom stereocenters. The minimum Gasteiger partial charge on any atom is -0.333 e. The minimum atomic E-state index is 0.254. The predicted molar refractivity (Wildman–Crippen MR) is 84.1 cm³/mol. The van der Waals surface area contributed by atoms with Crippen molar-refractivity contribution in [2.75, 3.05) is 5.43 Å². The topological polar surface area (TPSA) is 92.5 Å². The molecule has 108 valence electrons. The number of fused-ring (bicyclic) bond motifs is 1. The van der Waals surface area contributed by atoms with Gasteiger partial charge in [-0.1, -0.05) is 26.0 Å². The summed E-state index contributed by atoms with van der Waals surface area (Å²) in [5.41, 5.74) is 5.58. The van der Waals surface area contributed by atoms with E-state index in [2.05, 4.69) is 39.2 Å². The smallest absolute Gasteiger partial charge is 0.172 e. The van der Waals surface area contributed by atoms with Crippen molar-refractivity contribution in [3.8, 4) is 0 Å². The molecule has 21 heavy (non-hydrogen) atoms. The maximum absolute atomic E-state index is 5.54. The van der Waals surface area contributed by atoms with E-state index in [0.29, 0.717) is 5.82 Å². The third kappa shape index (κ3) is 2.70. The van der Waals surface area contributed by atoms with Crippen LogP contribution in [0.4, 0.5) is 5.82 Å². The van der Waals surface area contributed by atoms with Crippen LogP contribution in [0.5, 0.6) is 0 Å². The number of anilines is 1. The summed E-state index contributed by atoms with van der Waals surface area (Å²) in [4.78, 5) is 16.4. The third-order valence-electron chi connectivity index (χ3n) is 3.12. The van der Waals surface area contributed by atoms with Gasteiger partial charge in [-0.3, -0.25) is 0 Å². The first-order chi connectivity index (χ1) is 10.2. The van der Waals surface area contributed by atoms with Gasteiger partial charge in [-0.2, -0.15) is 0 Å². The zero-order valence-corrected chi connectivity index (χ0v) is 12.6. The number of aromatic amines is 1. The van der Waals surface area contributed by atoms with Crippen LogP contribution in [0.2, 0.25) is 0 Å². The number of nitrogen functional groups attached to an aromatic ring is 1. The van der Waals surface area contributed by atoms with Crippen LogP contribution in [0.25, 0.3) is 11.0 Å². The van der Waals surface area contributed by atoms with Gasteiger partial charge in [0.05, 0.1) is 11.0 Å². The Kier molecular flexibility index (Phi) is 3.76. The number of H-pyrrole nitrogens is 1. The van der Waals surface area contributed by atoms with E-state index in [9.17, 15) is 0 Å². The summed E-state index contributed by atoms with van der Waals surface area (Å²) in [5.74, 6) is 6.44. The molecule has 3 rings (SSSR count). The van der Waals surface area contributed by atoms with Gasteiger partial charge in [0.15, 0.2) is 5.16 Å². The van der Waals surface area contributed by atoms with E-state index < -0.39 is 0 Å². The maximum atomic E-state index is 5.54. The number of rotatable bonds is 4. The average molecular weight is 300 g/mol. The first kappa shape index (κ1) is 13.8. The van der Waals surface area contributed by atoms with Crippen molar-refractivity contribution < 1.29 is 0 Å². The standard InChI is InChI=1S/C14H16N6S/c1-8(2)11-12(20-15)16-7-17-13(11)21-14-18-9-5-3-4-6-10(9)19-14/h3-8H,15H2,1-2H3,(H,18,19)(H,16,17,20). The Bertz CT molecular complexity index is 734. The Morgan fingerprint density at radius 1 is 1.24 bits per heavy atom. The van der Waals surface area contributed by atoms with E-state index in [1.165, 1.54) is 18.1 Å². The van der Waals surface area contributed by atoms with E-state index in [4.69, 9.17) is 5.84 Å². The van der Waals surface area contributed by atoms with Gasteiger partial charge in [0.25, 0.3) is 0 Å². The summed E-state index contributed by atoms with van der Waals surface area (Å²) in [7, 11) is 0. The molecule has 0 bridgehead atoms. The molecule has 3 aromatic rings. The third-order valence-corrected chi connectivity index (χ3v) is 4.03. The first-order valence-corrected chi connectivity index (χ1v) is 7.44. The Labute approximate surface area is 126 Å². The lowest BCUT2D eigenvalue weighted by Gasteiger charge is -2.13. The minimum absolute atomic E-state index is 0.254. The predicted octanol–water partition coefficient (Wildman–Crippen LogP) is 2.91. The molecule has 0 aliphatic heterocycles. The fraction of sp³-hybridized carbons (Fsp3) is 0.214. The number of hydrazine groups is 1. The van der Waals surface area contributed by atoms with Gasteiger partial charge < -0.3 is 10.4 Å². The van der Waals surface area contributed by atoms with Crippen molar-refractivity contribution >= 4 is 28.6 Å². The second-order valence-corrected chi connectivity index (χ2v) is 5.88. The number of imidazole rings is 1. The molecule has 6 nitrogen and oxygen atoms in total. The van der Waals surface area contributed by atoms with Crippen LogP contribution in [0, 0.1) is 0 Å².